The fourth-order valence-electron chi connectivity index (χ4n) is 6.37. The molecule has 3 aromatic carbocycles. The number of aliphatic hydroxyl groups is 6. The van der Waals surface area contributed by atoms with Crippen LogP contribution in [0, 0.1) is 0 Å². The molecule has 4 aromatic rings. The molecule has 0 spiro atoms. The minimum atomic E-state index is -2.05. The molecule has 2 saturated heterocycles. The third-order valence-corrected chi connectivity index (χ3v) is 9.39. The Hall–Kier alpha value is -5.48. The Balaban J connectivity index is 1.27. The van der Waals surface area contributed by atoms with Crippen molar-refractivity contribution >= 4 is 23.0 Å². The summed E-state index contributed by atoms with van der Waals surface area (Å²) < 4.78 is 33.1. The van der Waals surface area contributed by atoms with Crippen molar-refractivity contribution in [2.24, 2.45) is 0 Å². The summed E-state index contributed by atoms with van der Waals surface area (Å²) in [6.07, 6.45) is -16.3. The number of methoxy groups -OCH3 is 1. The van der Waals surface area contributed by atoms with Gasteiger partial charge in [-0.2, -0.15) is 0 Å². The highest BCUT2D eigenvalue weighted by molar-refractivity contribution is 5.88. The highest BCUT2D eigenvalue weighted by atomic mass is 16.7. The first-order valence-corrected chi connectivity index (χ1v) is 16.9. The molecule has 2 aliphatic heterocycles. The maximum atomic E-state index is 13.4. The molecule has 300 valence electrons. The van der Waals surface area contributed by atoms with Gasteiger partial charge in [-0.1, -0.05) is 6.07 Å². The average molecular weight is 787 g/mol. The molecule has 2 fully saturated rings. The van der Waals surface area contributed by atoms with E-state index in [9.17, 15) is 65.8 Å². The summed E-state index contributed by atoms with van der Waals surface area (Å²) in [5.41, 5.74) is -1.21. The molecule has 10 atom stereocenters. The molecular formula is C37H38O19. The summed E-state index contributed by atoms with van der Waals surface area (Å²) in [6, 6.07) is 9.71. The maximum Gasteiger partial charge on any atom is 0.330 e. The highest BCUT2D eigenvalue weighted by Gasteiger charge is 2.52. The van der Waals surface area contributed by atoms with Gasteiger partial charge in [0.2, 0.25) is 0 Å². The van der Waals surface area contributed by atoms with Gasteiger partial charge in [0.1, 0.15) is 89.8 Å². The van der Waals surface area contributed by atoms with Crippen molar-refractivity contribution in [3.05, 3.63) is 76.0 Å². The van der Waals surface area contributed by atoms with Crippen LogP contribution < -0.4 is 10.2 Å². The van der Waals surface area contributed by atoms with Gasteiger partial charge in [0.15, 0.2) is 34.7 Å². The van der Waals surface area contributed by atoms with Crippen molar-refractivity contribution in [1.29, 1.82) is 0 Å². The van der Waals surface area contributed by atoms with Crippen LogP contribution in [0.1, 0.15) is 17.2 Å². The minimum absolute atomic E-state index is 0.127. The van der Waals surface area contributed by atoms with Crippen LogP contribution in [0.3, 0.4) is 0 Å². The van der Waals surface area contributed by atoms with Gasteiger partial charge in [0.05, 0.1) is 19.3 Å². The van der Waals surface area contributed by atoms with Gasteiger partial charge >= 0.3 is 5.97 Å². The normalized spacial score (nSPS) is 28.1. The van der Waals surface area contributed by atoms with Gasteiger partial charge in [-0.15, -0.1) is 0 Å². The molecule has 0 saturated carbocycles. The Labute approximate surface area is 315 Å². The molecule has 11 N–H and O–H groups in total. The first-order valence-electron chi connectivity index (χ1n) is 16.9. The average Bonchev–Trinajstić information content (AvgIpc) is 3.17. The van der Waals surface area contributed by atoms with Gasteiger partial charge in [-0.3, -0.25) is 4.79 Å². The molecule has 56 heavy (non-hydrogen) atoms. The molecule has 0 radical (unpaired) electrons. The summed E-state index contributed by atoms with van der Waals surface area (Å²) in [6.45, 7) is -1.60. The lowest BCUT2D eigenvalue weighted by Gasteiger charge is -2.46. The molecule has 0 aliphatic carbocycles. The van der Waals surface area contributed by atoms with E-state index >= 15 is 0 Å². The zero-order valence-corrected chi connectivity index (χ0v) is 29.1. The van der Waals surface area contributed by atoms with Crippen molar-refractivity contribution in [2.45, 2.75) is 61.2 Å². The molecule has 6 rings (SSSR count). The van der Waals surface area contributed by atoms with Crippen molar-refractivity contribution in [1.82, 2.24) is 0 Å². The summed E-state index contributed by atoms with van der Waals surface area (Å²) in [4.78, 5) is 25.9. The predicted octanol–water partition coefficient (Wildman–Crippen LogP) is -0.400. The highest BCUT2D eigenvalue weighted by Crippen LogP contribution is 2.46. The second kappa shape index (κ2) is 16.3. The number of hydrogen-bond acceptors (Lipinski definition) is 19. The number of phenols is 5. The van der Waals surface area contributed by atoms with E-state index in [2.05, 4.69) is 0 Å². The van der Waals surface area contributed by atoms with Crippen LogP contribution in [-0.2, 0) is 23.7 Å². The minimum Gasteiger partial charge on any atom is -0.507 e. The third kappa shape index (κ3) is 7.80. The standard InChI is InChI=1S/C37H38O19/c1-51-22-8-14(2-5-17(22)40)3-7-26(44)52-13-25-30(46)32(48)34(50)37(55-25)56-36-33(49)29(45)24(12-38)54-35(36)28-20(43)11-23-27(31(28)47)19(42)10-21(53-23)15-4-6-16(39)18(41)9-15/h2-11,24-25,29-30,32-41,43,45-50H,12-13H2,1H3/t24-,25-,29-,30-,32+,33+,34-,35+,36-,37+/m1/s1. The summed E-state index contributed by atoms with van der Waals surface area (Å²) in [5.74, 6) is -3.73. The molecule has 0 bridgehead atoms. The second-order valence-electron chi connectivity index (χ2n) is 13.0. The summed E-state index contributed by atoms with van der Waals surface area (Å²) in [7, 11) is 1.34. The van der Waals surface area contributed by atoms with E-state index in [1.54, 1.807) is 0 Å². The Morgan fingerprint density at radius 1 is 0.786 bits per heavy atom. The van der Waals surface area contributed by atoms with E-state index in [1.807, 2.05) is 0 Å². The predicted molar refractivity (Wildman–Crippen MR) is 187 cm³/mol. The number of aromatic hydroxyl groups is 5. The number of ether oxygens (including phenoxy) is 5. The molecule has 19 nitrogen and oxygen atoms in total. The molecule has 0 unspecified atom stereocenters. The van der Waals surface area contributed by atoms with Crippen LogP contribution in [-0.4, -0.2) is 138 Å². The van der Waals surface area contributed by atoms with Gasteiger partial charge in [0, 0.05) is 23.8 Å². The Morgan fingerprint density at radius 3 is 2.20 bits per heavy atom. The van der Waals surface area contributed by atoms with Crippen LogP contribution in [0.4, 0.5) is 0 Å². The van der Waals surface area contributed by atoms with E-state index in [4.69, 9.17) is 28.1 Å². The number of aliphatic hydroxyl groups excluding tert-OH is 6. The van der Waals surface area contributed by atoms with E-state index in [1.165, 1.54) is 37.5 Å². The number of phenolic OH excluding ortho intramolecular Hbond substituents is 5. The van der Waals surface area contributed by atoms with Crippen molar-refractivity contribution in [2.75, 3.05) is 20.3 Å². The Morgan fingerprint density at radius 2 is 1.50 bits per heavy atom. The third-order valence-electron chi connectivity index (χ3n) is 9.39. The number of rotatable bonds is 10. The van der Waals surface area contributed by atoms with E-state index in [0.717, 1.165) is 30.3 Å². The molecule has 3 heterocycles. The molecule has 0 amide bonds. The van der Waals surface area contributed by atoms with Crippen LogP contribution in [0.15, 0.2) is 63.8 Å². The van der Waals surface area contributed by atoms with Crippen LogP contribution in [0.2, 0.25) is 0 Å². The van der Waals surface area contributed by atoms with Gasteiger partial charge in [-0.05, 0) is 42.0 Å². The van der Waals surface area contributed by atoms with Crippen LogP contribution >= 0.6 is 0 Å². The Bertz CT molecular complexity index is 2170. The quantitative estimate of drug-likeness (QED) is 0.0553. The maximum absolute atomic E-state index is 13.4. The van der Waals surface area contributed by atoms with Gasteiger partial charge < -0.3 is 84.3 Å². The second-order valence-corrected chi connectivity index (χ2v) is 13.0. The SMILES string of the molecule is COc1cc(C=CC(=O)OC[C@H]2O[C@@H](O[C@@H]3[C@@H](O)[C@H](O)[C@@H](CO)O[C@H]3c3c(O)cc4oc(-c5ccc(O)c(O)c5)cc(=O)c4c3O)[C@H](O)[C@@H](O)[C@@H]2O)ccc1O. The van der Waals surface area contributed by atoms with Crippen LogP contribution in [0.5, 0.6) is 34.5 Å². The fourth-order valence-corrected chi connectivity index (χ4v) is 6.37. The molecule has 19 heteroatoms. The van der Waals surface area contributed by atoms with Gasteiger partial charge in [0.25, 0.3) is 0 Å². The lowest BCUT2D eigenvalue weighted by molar-refractivity contribution is -0.342. The fraction of sp³-hybridized carbons (Fsp3) is 0.351. The topological polar surface area (TPSA) is 316 Å². The number of esters is 1. The molecular weight excluding hydrogens is 748 g/mol. The number of benzene rings is 3. The van der Waals surface area contributed by atoms with Crippen LogP contribution in [0.25, 0.3) is 28.4 Å². The lowest BCUT2D eigenvalue weighted by atomic mass is 9.89. The molecule has 2 aliphatic rings. The largest absolute Gasteiger partial charge is 0.507 e. The molecule has 1 aromatic heterocycles. The zero-order valence-electron chi connectivity index (χ0n) is 29.1. The number of carbonyl (C=O) groups excluding carboxylic acids is 1. The van der Waals surface area contributed by atoms with E-state index in [-0.39, 0.29) is 28.4 Å². The van der Waals surface area contributed by atoms with Gasteiger partial charge in [-0.25, -0.2) is 4.79 Å². The van der Waals surface area contributed by atoms with E-state index in [0.29, 0.717) is 5.56 Å². The lowest BCUT2D eigenvalue weighted by Crippen LogP contribution is -2.63. The van der Waals surface area contributed by atoms with Crippen molar-refractivity contribution in [3.63, 3.8) is 0 Å². The number of carbonyl (C=O) groups is 1. The monoisotopic (exact) mass is 786 g/mol. The number of fused-ring (bicyclic) bond motifs is 1. The van der Waals surface area contributed by atoms with E-state index < -0.39 is 120 Å². The van der Waals surface area contributed by atoms with Crippen molar-refractivity contribution < 1.29 is 89.1 Å². The zero-order chi connectivity index (χ0) is 40.6. The smallest absolute Gasteiger partial charge is 0.330 e. The van der Waals surface area contributed by atoms with Crippen molar-refractivity contribution in [3.8, 4) is 45.8 Å². The first-order chi connectivity index (χ1) is 26.6. The summed E-state index contributed by atoms with van der Waals surface area (Å²) >= 11 is 0. The summed E-state index contributed by atoms with van der Waals surface area (Å²) in [5, 5.41) is 115. The Kier molecular flexibility index (Phi) is 11.7. The number of hydrogen-bond donors (Lipinski definition) is 11. The first kappa shape index (κ1) is 40.2.